The van der Waals surface area contributed by atoms with Crippen molar-refractivity contribution in [2.24, 2.45) is 0 Å². The van der Waals surface area contributed by atoms with Crippen molar-refractivity contribution in [2.45, 2.75) is 89.2 Å². The van der Waals surface area contributed by atoms with Gasteiger partial charge in [-0.3, -0.25) is 4.79 Å². The molecule has 0 saturated heterocycles. The minimum Gasteiger partial charge on any atom is -0.451 e. The Bertz CT molecular complexity index is 558. The Balaban J connectivity index is 1.50. The molecule has 2 saturated carbocycles. The molecule has 0 aromatic rings. The summed E-state index contributed by atoms with van der Waals surface area (Å²) in [6.45, 7) is 3.39. The van der Waals surface area contributed by atoms with E-state index >= 15 is 0 Å². The first kappa shape index (κ1) is 19.4. The van der Waals surface area contributed by atoms with E-state index in [-0.39, 0.29) is 11.9 Å². The van der Waals surface area contributed by atoms with Gasteiger partial charge in [0.1, 0.15) is 5.60 Å². The number of ether oxygens (including phenoxy) is 1. The van der Waals surface area contributed by atoms with Crippen molar-refractivity contribution >= 4 is 11.9 Å². The van der Waals surface area contributed by atoms with Gasteiger partial charge in [0, 0.05) is 18.2 Å². The number of esters is 1. The van der Waals surface area contributed by atoms with Crippen LogP contribution in [0.5, 0.6) is 0 Å². The van der Waals surface area contributed by atoms with Crippen LogP contribution in [0.3, 0.4) is 0 Å². The van der Waals surface area contributed by atoms with Crippen LogP contribution in [0, 0.1) is 0 Å². The average molecular weight is 363 g/mol. The quantitative estimate of drug-likeness (QED) is 0.582. The Kier molecular flexibility index (Phi) is 6.38. The first-order chi connectivity index (χ1) is 12.5. The Morgan fingerprint density at radius 1 is 1.15 bits per heavy atom. The SMILES string of the molecule is CC1=C(C(=O)NCCCN(C)C2CCCCC2)C2(CCCCC2)OC1=O. The summed E-state index contributed by atoms with van der Waals surface area (Å²) < 4.78 is 5.68. The summed E-state index contributed by atoms with van der Waals surface area (Å²) >= 11 is 0. The molecule has 146 valence electrons. The molecule has 1 amide bonds. The van der Waals surface area contributed by atoms with E-state index in [0.717, 1.165) is 45.1 Å². The van der Waals surface area contributed by atoms with Crippen LogP contribution in [0.25, 0.3) is 0 Å². The number of nitrogens with one attached hydrogen (secondary N) is 1. The van der Waals surface area contributed by atoms with Crippen LogP contribution >= 0.6 is 0 Å². The minimum absolute atomic E-state index is 0.101. The molecule has 26 heavy (non-hydrogen) atoms. The number of amides is 1. The molecular formula is C21H34N2O3. The molecule has 2 fully saturated rings. The van der Waals surface area contributed by atoms with Gasteiger partial charge in [-0.2, -0.15) is 0 Å². The summed E-state index contributed by atoms with van der Waals surface area (Å²) in [6.07, 6.45) is 12.4. The summed E-state index contributed by atoms with van der Waals surface area (Å²) in [6, 6.07) is 0.704. The Morgan fingerprint density at radius 3 is 2.50 bits per heavy atom. The molecule has 0 unspecified atom stereocenters. The molecule has 2 aliphatic carbocycles. The van der Waals surface area contributed by atoms with Gasteiger partial charge < -0.3 is 15.0 Å². The highest BCUT2D eigenvalue weighted by atomic mass is 16.6. The molecule has 5 nitrogen and oxygen atoms in total. The van der Waals surface area contributed by atoms with Gasteiger partial charge in [0.05, 0.1) is 5.57 Å². The smallest absolute Gasteiger partial charge is 0.335 e. The van der Waals surface area contributed by atoms with Crippen LogP contribution < -0.4 is 5.32 Å². The molecule has 3 aliphatic rings. The summed E-state index contributed by atoms with van der Waals surface area (Å²) in [5.74, 6) is -0.412. The highest BCUT2D eigenvalue weighted by molar-refractivity contribution is 6.07. The second-order valence-corrected chi connectivity index (χ2v) is 8.33. The molecule has 0 atom stereocenters. The molecule has 0 bridgehead atoms. The highest BCUT2D eigenvalue weighted by Gasteiger charge is 2.49. The van der Waals surface area contributed by atoms with E-state index in [1.807, 2.05) is 0 Å². The summed E-state index contributed by atoms with van der Waals surface area (Å²) in [7, 11) is 2.20. The van der Waals surface area contributed by atoms with Crippen molar-refractivity contribution in [1.29, 1.82) is 0 Å². The van der Waals surface area contributed by atoms with Gasteiger partial charge in [-0.15, -0.1) is 0 Å². The fourth-order valence-corrected chi connectivity index (χ4v) is 4.92. The Hall–Kier alpha value is -1.36. The summed E-state index contributed by atoms with van der Waals surface area (Å²) in [5, 5.41) is 3.05. The third-order valence-electron chi connectivity index (χ3n) is 6.48. The standard InChI is InChI=1S/C21H34N2O3/c1-16-18(21(26-20(16)25)12-7-4-8-13-21)19(24)22-14-9-15-23(2)17-10-5-3-6-11-17/h17H,3-15H2,1-2H3,(H,22,24). The van der Waals surface area contributed by atoms with E-state index in [4.69, 9.17) is 4.74 Å². The second-order valence-electron chi connectivity index (χ2n) is 8.33. The molecule has 5 heteroatoms. The van der Waals surface area contributed by atoms with E-state index in [9.17, 15) is 9.59 Å². The third kappa shape index (κ3) is 4.13. The predicted octanol–water partition coefficient (Wildman–Crippen LogP) is 3.33. The molecule has 1 heterocycles. The van der Waals surface area contributed by atoms with Crippen molar-refractivity contribution in [3.05, 3.63) is 11.1 Å². The third-order valence-corrected chi connectivity index (χ3v) is 6.48. The number of rotatable bonds is 6. The zero-order chi connectivity index (χ0) is 18.6. The van der Waals surface area contributed by atoms with Crippen molar-refractivity contribution in [3.63, 3.8) is 0 Å². The maximum atomic E-state index is 12.8. The van der Waals surface area contributed by atoms with Gasteiger partial charge in [-0.1, -0.05) is 25.7 Å². The lowest BCUT2D eigenvalue weighted by Gasteiger charge is -2.34. The highest BCUT2D eigenvalue weighted by Crippen LogP contribution is 2.43. The molecule has 1 N–H and O–H groups in total. The topological polar surface area (TPSA) is 58.6 Å². The van der Waals surface area contributed by atoms with Gasteiger partial charge in [-0.25, -0.2) is 4.79 Å². The Labute approximate surface area is 157 Å². The summed E-state index contributed by atoms with van der Waals surface area (Å²) in [4.78, 5) is 27.3. The van der Waals surface area contributed by atoms with Crippen LogP contribution in [0.4, 0.5) is 0 Å². The van der Waals surface area contributed by atoms with Gasteiger partial charge in [0.15, 0.2) is 0 Å². The fourth-order valence-electron chi connectivity index (χ4n) is 4.92. The van der Waals surface area contributed by atoms with Gasteiger partial charge in [0.2, 0.25) is 0 Å². The normalized spacial score (nSPS) is 23.6. The molecule has 0 aromatic carbocycles. The monoisotopic (exact) mass is 362 g/mol. The van der Waals surface area contributed by atoms with Crippen LogP contribution in [-0.4, -0.2) is 48.6 Å². The zero-order valence-electron chi connectivity index (χ0n) is 16.4. The van der Waals surface area contributed by atoms with E-state index in [1.165, 1.54) is 32.1 Å². The molecule has 1 aliphatic heterocycles. The van der Waals surface area contributed by atoms with E-state index in [1.54, 1.807) is 6.92 Å². The van der Waals surface area contributed by atoms with Gasteiger partial charge in [0.25, 0.3) is 5.91 Å². The van der Waals surface area contributed by atoms with Crippen molar-refractivity contribution in [2.75, 3.05) is 20.1 Å². The second kappa shape index (κ2) is 8.55. The van der Waals surface area contributed by atoms with E-state index < -0.39 is 5.60 Å². The minimum atomic E-state index is -0.650. The molecule has 1 spiro atoms. The van der Waals surface area contributed by atoms with E-state index in [0.29, 0.717) is 23.7 Å². The van der Waals surface area contributed by atoms with Crippen LogP contribution in [0.2, 0.25) is 0 Å². The summed E-state index contributed by atoms with van der Waals surface area (Å²) in [5.41, 5.74) is 0.453. The Morgan fingerprint density at radius 2 is 1.81 bits per heavy atom. The first-order valence-electron chi connectivity index (χ1n) is 10.5. The number of hydrogen-bond donors (Lipinski definition) is 1. The van der Waals surface area contributed by atoms with Gasteiger partial charge >= 0.3 is 5.97 Å². The lowest BCUT2D eigenvalue weighted by molar-refractivity contribution is -0.149. The van der Waals surface area contributed by atoms with Gasteiger partial charge in [-0.05, 0) is 65.5 Å². The predicted molar refractivity (Wildman–Crippen MR) is 102 cm³/mol. The fraction of sp³-hybridized carbons (Fsp3) is 0.810. The van der Waals surface area contributed by atoms with Crippen LogP contribution in [-0.2, 0) is 14.3 Å². The molecule has 3 rings (SSSR count). The van der Waals surface area contributed by atoms with Crippen molar-refractivity contribution < 1.29 is 14.3 Å². The number of carbonyl (C=O) groups is 2. The van der Waals surface area contributed by atoms with Crippen molar-refractivity contribution in [3.8, 4) is 0 Å². The number of carbonyl (C=O) groups excluding carboxylic acids is 2. The van der Waals surface area contributed by atoms with Crippen LogP contribution in [0.15, 0.2) is 11.1 Å². The molecule has 0 aromatic heterocycles. The van der Waals surface area contributed by atoms with Crippen LogP contribution in [0.1, 0.15) is 77.6 Å². The molecular weight excluding hydrogens is 328 g/mol. The maximum Gasteiger partial charge on any atom is 0.335 e. The largest absolute Gasteiger partial charge is 0.451 e. The lowest BCUT2D eigenvalue weighted by Crippen LogP contribution is -2.42. The van der Waals surface area contributed by atoms with Crippen molar-refractivity contribution in [1.82, 2.24) is 10.2 Å². The first-order valence-corrected chi connectivity index (χ1v) is 10.5. The molecule has 0 radical (unpaired) electrons. The average Bonchev–Trinajstić information content (AvgIpc) is 2.89. The maximum absolute atomic E-state index is 12.8. The lowest BCUT2D eigenvalue weighted by atomic mass is 9.78. The van der Waals surface area contributed by atoms with E-state index in [2.05, 4.69) is 17.3 Å². The zero-order valence-corrected chi connectivity index (χ0v) is 16.4. The number of nitrogens with zero attached hydrogens (tertiary/aromatic N) is 1. The number of hydrogen-bond acceptors (Lipinski definition) is 4.